The Morgan fingerprint density at radius 3 is 2.42 bits per heavy atom. The molecular formula is C6H13O4PS. The molecule has 0 aromatic heterocycles. The highest BCUT2D eigenvalue weighted by Gasteiger charge is 2.32. The van der Waals surface area contributed by atoms with Crippen LogP contribution in [0.25, 0.3) is 0 Å². The summed E-state index contributed by atoms with van der Waals surface area (Å²) in [5.41, 5.74) is -1.22. The van der Waals surface area contributed by atoms with Crippen LogP contribution in [-0.4, -0.2) is 21.6 Å². The maximum absolute atomic E-state index is 10.9. The third-order valence-corrected chi connectivity index (χ3v) is 3.65. The van der Waals surface area contributed by atoms with E-state index in [-0.39, 0.29) is 6.42 Å². The van der Waals surface area contributed by atoms with Gasteiger partial charge in [0, 0.05) is 0 Å². The van der Waals surface area contributed by atoms with Gasteiger partial charge in [0.2, 0.25) is 0 Å². The van der Waals surface area contributed by atoms with Crippen LogP contribution in [0.5, 0.6) is 0 Å². The van der Waals surface area contributed by atoms with E-state index in [1.165, 1.54) is 0 Å². The van der Waals surface area contributed by atoms with E-state index in [2.05, 4.69) is 12.2 Å². The van der Waals surface area contributed by atoms with Gasteiger partial charge >= 0.3 is 5.97 Å². The van der Waals surface area contributed by atoms with Gasteiger partial charge in [-0.15, -0.1) is 0 Å². The quantitative estimate of drug-likeness (QED) is 0.479. The fraction of sp³-hybridized carbons (Fsp3) is 0.833. The topological polar surface area (TPSA) is 74.6 Å². The highest BCUT2D eigenvalue weighted by atomic mass is 32.7. The van der Waals surface area contributed by atoms with E-state index in [1.807, 2.05) is 6.92 Å². The third-order valence-electron chi connectivity index (χ3n) is 1.52. The lowest BCUT2D eigenvalue weighted by Crippen LogP contribution is -2.18. The summed E-state index contributed by atoms with van der Waals surface area (Å²) >= 11 is 3.39. The Morgan fingerprint density at radius 1 is 1.67 bits per heavy atom. The monoisotopic (exact) mass is 212 g/mol. The van der Waals surface area contributed by atoms with Crippen LogP contribution in [0.3, 0.4) is 0 Å². The standard InChI is InChI=1S/C6H13O4PS/c1-2-3-4-5(6(7)8)11(9,10)12/h5H,2-4H2,1H3,(H,7,8)(H2,9,10,12). The molecule has 2 atom stereocenters. The first-order valence-electron chi connectivity index (χ1n) is 3.67. The summed E-state index contributed by atoms with van der Waals surface area (Å²) in [7, 11) is 0. The van der Waals surface area contributed by atoms with E-state index in [0.29, 0.717) is 6.42 Å². The molecule has 12 heavy (non-hydrogen) atoms. The molecular weight excluding hydrogens is 199 g/mol. The molecule has 0 amide bonds. The Labute approximate surface area is 76.6 Å². The molecule has 2 N–H and O–H groups in total. The zero-order valence-electron chi connectivity index (χ0n) is 6.80. The maximum atomic E-state index is 10.9. The van der Waals surface area contributed by atoms with Gasteiger partial charge in [-0.2, -0.15) is 0 Å². The van der Waals surface area contributed by atoms with Crippen molar-refractivity contribution in [2.45, 2.75) is 31.8 Å². The smallest absolute Gasteiger partial charge is 0.317 e. The van der Waals surface area contributed by atoms with E-state index in [0.717, 1.165) is 6.42 Å². The molecule has 0 aromatic carbocycles. The van der Waals surface area contributed by atoms with E-state index in [9.17, 15) is 9.36 Å². The summed E-state index contributed by atoms with van der Waals surface area (Å²) in [6, 6.07) is 0. The van der Waals surface area contributed by atoms with Crippen molar-refractivity contribution in [2.24, 2.45) is 0 Å². The van der Waals surface area contributed by atoms with Gasteiger partial charge in [-0.05, 0) is 6.42 Å². The number of carbonyl (C=O) groups is 1. The SMILES string of the molecule is CCCCC(C(=O)O)P(=O)(O)S. The molecule has 2 unspecified atom stereocenters. The summed E-state index contributed by atoms with van der Waals surface area (Å²) in [6.45, 7) is -1.88. The molecule has 0 saturated heterocycles. The fourth-order valence-electron chi connectivity index (χ4n) is 0.833. The molecule has 6 heteroatoms. The van der Waals surface area contributed by atoms with Crippen LogP contribution in [-0.2, 0) is 9.36 Å². The van der Waals surface area contributed by atoms with E-state index >= 15 is 0 Å². The van der Waals surface area contributed by atoms with E-state index < -0.39 is 18.2 Å². The molecule has 0 radical (unpaired) electrons. The lowest BCUT2D eigenvalue weighted by atomic mass is 10.2. The number of hydrogen-bond acceptors (Lipinski definition) is 2. The van der Waals surface area contributed by atoms with Gasteiger partial charge in [0.25, 0.3) is 6.57 Å². The molecule has 0 aliphatic heterocycles. The van der Waals surface area contributed by atoms with Crippen LogP contribution in [0.1, 0.15) is 26.2 Å². The Morgan fingerprint density at radius 2 is 2.17 bits per heavy atom. The highest BCUT2D eigenvalue weighted by Crippen LogP contribution is 2.52. The Kier molecular flexibility index (Phi) is 4.90. The number of unbranched alkanes of at least 4 members (excludes halogenated alkanes) is 1. The molecule has 0 aromatic rings. The first kappa shape index (κ1) is 12.0. The molecule has 0 rings (SSSR count). The number of hydrogen-bond donors (Lipinski definition) is 3. The normalized spacial score (nSPS) is 18.2. The summed E-state index contributed by atoms with van der Waals surface area (Å²) in [5, 5.41) is 8.55. The molecule has 0 fully saturated rings. The second kappa shape index (κ2) is 4.90. The van der Waals surface area contributed by atoms with Crippen molar-refractivity contribution >= 4 is 24.8 Å². The Hall–Kier alpha value is 0.01000. The maximum Gasteiger partial charge on any atom is 0.317 e. The first-order valence-corrected chi connectivity index (χ1v) is 6.55. The van der Waals surface area contributed by atoms with Crippen molar-refractivity contribution in [3.63, 3.8) is 0 Å². The average molecular weight is 212 g/mol. The predicted molar refractivity (Wildman–Crippen MR) is 49.8 cm³/mol. The van der Waals surface area contributed by atoms with Crippen LogP contribution in [0, 0.1) is 0 Å². The molecule has 0 aliphatic rings. The second-order valence-electron chi connectivity index (χ2n) is 2.59. The van der Waals surface area contributed by atoms with Crippen molar-refractivity contribution in [3.05, 3.63) is 0 Å². The largest absolute Gasteiger partial charge is 0.481 e. The van der Waals surface area contributed by atoms with Gasteiger partial charge in [0.15, 0.2) is 0 Å². The molecule has 0 bridgehead atoms. The van der Waals surface area contributed by atoms with Crippen LogP contribution < -0.4 is 0 Å². The lowest BCUT2D eigenvalue weighted by molar-refractivity contribution is -0.136. The minimum atomic E-state index is -3.77. The van der Waals surface area contributed by atoms with E-state index in [1.54, 1.807) is 0 Å². The lowest BCUT2D eigenvalue weighted by Gasteiger charge is -2.13. The van der Waals surface area contributed by atoms with Crippen LogP contribution in [0.2, 0.25) is 0 Å². The van der Waals surface area contributed by atoms with Gasteiger partial charge in [0.1, 0.15) is 5.66 Å². The summed E-state index contributed by atoms with van der Waals surface area (Å²) in [4.78, 5) is 19.4. The summed E-state index contributed by atoms with van der Waals surface area (Å²) in [5.74, 6) is -1.25. The van der Waals surface area contributed by atoms with Gasteiger partial charge < -0.3 is 10.00 Å². The van der Waals surface area contributed by atoms with Crippen LogP contribution >= 0.6 is 18.8 Å². The van der Waals surface area contributed by atoms with Crippen molar-refractivity contribution < 1.29 is 19.4 Å². The number of rotatable bonds is 5. The predicted octanol–water partition coefficient (Wildman–Crippen LogP) is 1.74. The zero-order chi connectivity index (χ0) is 9.78. The molecule has 0 spiro atoms. The number of aliphatic carboxylic acids is 1. The van der Waals surface area contributed by atoms with Crippen molar-refractivity contribution in [2.75, 3.05) is 0 Å². The van der Waals surface area contributed by atoms with Gasteiger partial charge in [-0.1, -0.05) is 32.0 Å². The summed E-state index contributed by atoms with van der Waals surface area (Å²) < 4.78 is 10.9. The number of thiol groups is 1. The van der Waals surface area contributed by atoms with Crippen molar-refractivity contribution in [1.82, 2.24) is 0 Å². The van der Waals surface area contributed by atoms with Gasteiger partial charge in [0.05, 0.1) is 0 Å². The van der Waals surface area contributed by atoms with E-state index in [4.69, 9.17) is 10.00 Å². The number of carboxylic acid groups (broad SMARTS) is 1. The third kappa shape index (κ3) is 4.14. The Bertz CT molecular complexity index is 200. The molecule has 0 heterocycles. The zero-order valence-corrected chi connectivity index (χ0v) is 8.59. The molecule has 0 aliphatic carbocycles. The van der Waals surface area contributed by atoms with Gasteiger partial charge in [-0.3, -0.25) is 9.36 Å². The molecule has 0 saturated carbocycles. The fourth-order valence-corrected chi connectivity index (χ4v) is 2.28. The molecule has 4 nitrogen and oxygen atoms in total. The second-order valence-corrected chi connectivity index (χ2v) is 6.11. The van der Waals surface area contributed by atoms with Crippen LogP contribution in [0.15, 0.2) is 0 Å². The molecule has 72 valence electrons. The minimum Gasteiger partial charge on any atom is -0.481 e. The van der Waals surface area contributed by atoms with Crippen LogP contribution in [0.4, 0.5) is 0 Å². The Balaban J connectivity index is 4.25. The highest BCUT2D eigenvalue weighted by molar-refractivity contribution is 8.46. The minimum absolute atomic E-state index is 0.211. The average Bonchev–Trinajstić information content (AvgIpc) is 1.84. The summed E-state index contributed by atoms with van der Waals surface area (Å²) in [6.07, 6.45) is 1.64. The first-order chi connectivity index (χ1) is 5.39. The van der Waals surface area contributed by atoms with Crippen molar-refractivity contribution in [3.8, 4) is 0 Å². The van der Waals surface area contributed by atoms with Crippen molar-refractivity contribution in [1.29, 1.82) is 0 Å². The van der Waals surface area contributed by atoms with Gasteiger partial charge in [-0.25, -0.2) is 0 Å². The number of carboxylic acids is 1.